The largest absolute Gasteiger partial charge is 0.438 e. The van der Waals surface area contributed by atoms with E-state index in [4.69, 9.17) is 21.1 Å². The standard InChI is InChI=1S/C19H20ClF3N2O2/c20-17-12-15(19(21,22)23)13-24-18(17)27-16-5-3-14(4-6-16)2-1-7-25-8-10-26-11-9-25/h3-6,12-13H,1-2,7-11H2. The van der Waals surface area contributed by atoms with Gasteiger partial charge in [0.25, 0.3) is 0 Å². The molecule has 0 spiro atoms. The number of aryl methyl sites for hydroxylation is 1. The van der Waals surface area contributed by atoms with Crippen LogP contribution >= 0.6 is 11.6 Å². The summed E-state index contributed by atoms with van der Waals surface area (Å²) in [6.07, 6.45) is -1.79. The molecule has 0 N–H and O–H groups in total. The lowest BCUT2D eigenvalue weighted by molar-refractivity contribution is -0.137. The van der Waals surface area contributed by atoms with Crippen molar-refractivity contribution < 1.29 is 22.6 Å². The Morgan fingerprint density at radius 1 is 1.15 bits per heavy atom. The number of aromatic nitrogens is 1. The fraction of sp³-hybridized carbons (Fsp3) is 0.421. The van der Waals surface area contributed by atoms with Crippen LogP contribution in [0.1, 0.15) is 17.5 Å². The highest BCUT2D eigenvalue weighted by molar-refractivity contribution is 6.31. The van der Waals surface area contributed by atoms with Crippen LogP contribution in [0.4, 0.5) is 13.2 Å². The lowest BCUT2D eigenvalue weighted by Gasteiger charge is -2.26. The average Bonchev–Trinajstić information content (AvgIpc) is 2.65. The zero-order chi connectivity index (χ0) is 19.3. The van der Waals surface area contributed by atoms with Gasteiger partial charge in [0.1, 0.15) is 10.8 Å². The van der Waals surface area contributed by atoms with Crippen molar-refractivity contribution in [2.24, 2.45) is 0 Å². The number of alkyl halides is 3. The van der Waals surface area contributed by atoms with Gasteiger partial charge in [-0.3, -0.25) is 4.90 Å². The van der Waals surface area contributed by atoms with E-state index < -0.39 is 11.7 Å². The van der Waals surface area contributed by atoms with Gasteiger partial charge >= 0.3 is 6.18 Å². The minimum Gasteiger partial charge on any atom is -0.438 e. The van der Waals surface area contributed by atoms with Crippen molar-refractivity contribution in [1.29, 1.82) is 0 Å². The number of pyridine rings is 1. The number of benzene rings is 1. The monoisotopic (exact) mass is 400 g/mol. The third-order valence-corrected chi connectivity index (χ3v) is 4.59. The topological polar surface area (TPSA) is 34.6 Å². The lowest BCUT2D eigenvalue weighted by Crippen LogP contribution is -2.36. The Morgan fingerprint density at radius 3 is 2.48 bits per heavy atom. The van der Waals surface area contributed by atoms with Gasteiger partial charge in [-0.05, 0) is 43.1 Å². The first-order chi connectivity index (χ1) is 12.9. The van der Waals surface area contributed by atoms with Gasteiger partial charge in [0.2, 0.25) is 5.88 Å². The summed E-state index contributed by atoms with van der Waals surface area (Å²) < 4.78 is 48.8. The van der Waals surface area contributed by atoms with Crippen molar-refractivity contribution >= 4 is 11.6 Å². The van der Waals surface area contributed by atoms with E-state index in [9.17, 15) is 13.2 Å². The maximum Gasteiger partial charge on any atom is 0.417 e. The first-order valence-corrected chi connectivity index (χ1v) is 9.09. The van der Waals surface area contributed by atoms with Crippen LogP contribution in [0.2, 0.25) is 5.02 Å². The highest BCUT2D eigenvalue weighted by Crippen LogP contribution is 2.34. The second kappa shape index (κ2) is 8.91. The van der Waals surface area contributed by atoms with Gasteiger partial charge in [0.15, 0.2) is 0 Å². The quantitative estimate of drug-likeness (QED) is 0.697. The zero-order valence-corrected chi connectivity index (χ0v) is 15.4. The van der Waals surface area contributed by atoms with E-state index in [-0.39, 0.29) is 10.9 Å². The molecule has 1 aliphatic heterocycles. The molecule has 0 radical (unpaired) electrons. The Kier molecular flexibility index (Phi) is 6.57. The molecule has 2 heterocycles. The molecule has 1 saturated heterocycles. The number of hydrogen-bond donors (Lipinski definition) is 0. The molecule has 27 heavy (non-hydrogen) atoms. The van der Waals surface area contributed by atoms with Crippen LogP contribution in [0.15, 0.2) is 36.5 Å². The Bertz CT molecular complexity index is 748. The molecule has 1 aliphatic rings. The third kappa shape index (κ3) is 5.82. The summed E-state index contributed by atoms with van der Waals surface area (Å²) in [7, 11) is 0. The van der Waals surface area contributed by atoms with E-state index in [1.807, 2.05) is 12.1 Å². The molecule has 0 aliphatic carbocycles. The van der Waals surface area contributed by atoms with Crippen LogP contribution in [0.25, 0.3) is 0 Å². The number of morpholine rings is 1. The van der Waals surface area contributed by atoms with Crippen LogP contribution in [0.5, 0.6) is 11.6 Å². The minimum atomic E-state index is -4.49. The molecule has 3 rings (SSSR count). The maximum absolute atomic E-state index is 12.6. The number of rotatable bonds is 6. The molecule has 0 unspecified atom stereocenters. The molecule has 0 saturated carbocycles. The van der Waals surface area contributed by atoms with Crippen molar-refractivity contribution in [3.8, 4) is 11.6 Å². The number of ether oxygens (including phenoxy) is 2. The number of hydrogen-bond acceptors (Lipinski definition) is 4. The van der Waals surface area contributed by atoms with Crippen LogP contribution in [0, 0.1) is 0 Å². The summed E-state index contributed by atoms with van der Waals surface area (Å²) in [5.74, 6) is 0.422. The van der Waals surface area contributed by atoms with Gasteiger partial charge in [-0.15, -0.1) is 0 Å². The Hall–Kier alpha value is -1.83. The summed E-state index contributed by atoms with van der Waals surface area (Å²) in [5.41, 5.74) is 0.262. The van der Waals surface area contributed by atoms with Gasteiger partial charge in [-0.25, -0.2) is 4.98 Å². The molecule has 1 fully saturated rings. The summed E-state index contributed by atoms with van der Waals surface area (Å²) in [6.45, 7) is 4.59. The fourth-order valence-electron chi connectivity index (χ4n) is 2.82. The molecule has 146 valence electrons. The molecular weight excluding hydrogens is 381 g/mol. The SMILES string of the molecule is FC(F)(F)c1cnc(Oc2ccc(CCCN3CCOCC3)cc2)c(Cl)c1. The van der Waals surface area contributed by atoms with E-state index in [0.29, 0.717) is 11.9 Å². The molecule has 0 atom stereocenters. The van der Waals surface area contributed by atoms with Gasteiger partial charge < -0.3 is 9.47 Å². The smallest absolute Gasteiger partial charge is 0.417 e. The second-order valence-electron chi connectivity index (χ2n) is 6.31. The molecule has 1 aromatic heterocycles. The van der Waals surface area contributed by atoms with Gasteiger partial charge in [-0.1, -0.05) is 23.7 Å². The van der Waals surface area contributed by atoms with Crippen LogP contribution in [0.3, 0.4) is 0 Å². The number of halogens is 4. The summed E-state index contributed by atoms with van der Waals surface area (Å²) in [5, 5.41) is -0.181. The predicted molar refractivity (Wildman–Crippen MR) is 96.3 cm³/mol. The predicted octanol–water partition coefficient (Wildman–Crippen LogP) is 4.81. The highest BCUT2D eigenvalue weighted by atomic mass is 35.5. The second-order valence-corrected chi connectivity index (χ2v) is 6.72. The first kappa shape index (κ1) is 19.9. The minimum absolute atomic E-state index is 0.0512. The molecule has 8 heteroatoms. The van der Waals surface area contributed by atoms with Crippen molar-refractivity contribution in [2.45, 2.75) is 19.0 Å². The zero-order valence-electron chi connectivity index (χ0n) is 14.6. The molecule has 4 nitrogen and oxygen atoms in total. The van der Waals surface area contributed by atoms with Crippen LogP contribution in [-0.4, -0.2) is 42.7 Å². The van der Waals surface area contributed by atoms with E-state index in [2.05, 4.69) is 9.88 Å². The van der Waals surface area contributed by atoms with E-state index in [1.165, 1.54) is 5.56 Å². The third-order valence-electron chi connectivity index (χ3n) is 4.32. The Labute approximate surface area is 160 Å². The van der Waals surface area contributed by atoms with Gasteiger partial charge in [0.05, 0.1) is 18.8 Å². The van der Waals surface area contributed by atoms with Crippen molar-refractivity contribution in [1.82, 2.24) is 9.88 Å². The van der Waals surface area contributed by atoms with Crippen molar-refractivity contribution in [3.05, 3.63) is 52.7 Å². The first-order valence-electron chi connectivity index (χ1n) is 8.71. The van der Waals surface area contributed by atoms with Crippen LogP contribution in [-0.2, 0) is 17.3 Å². The molecule has 0 bridgehead atoms. The Morgan fingerprint density at radius 2 is 1.85 bits per heavy atom. The number of nitrogens with zero attached hydrogens (tertiary/aromatic N) is 2. The van der Waals surface area contributed by atoms with E-state index in [0.717, 1.165) is 51.8 Å². The lowest BCUT2D eigenvalue weighted by atomic mass is 10.1. The van der Waals surface area contributed by atoms with Gasteiger partial charge in [0, 0.05) is 19.3 Å². The average molecular weight is 401 g/mol. The van der Waals surface area contributed by atoms with Crippen molar-refractivity contribution in [2.75, 3.05) is 32.8 Å². The maximum atomic E-state index is 12.6. The molecule has 2 aromatic rings. The Balaban J connectivity index is 1.53. The molecular formula is C19H20ClF3N2O2. The molecule has 0 amide bonds. The highest BCUT2D eigenvalue weighted by Gasteiger charge is 2.31. The van der Waals surface area contributed by atoms with E-state index in [1.54, 1.807) is 12.1 Å². The van der Waals surface area contributed by atoms with Crippen molar-refractivity contribution in [3.63, 3.8) is 0 Å². The van der Waals surface area contributed by atoms with Gasteiger partial charge in [-0.2, -0.15) is 13.2 Å². The normalized spacial score (nSPS) is 15.7. The van der Waals surface area contributed by atoms with Crippen LogP contribution < -0.4 is 4.74 Å². The van der Waals surface area contributed by atoms with E-state index >= 15 is 0 Å². The molecule has 1 aromatic carbocycles. The summed E-state index contributed by atoms with van der Waals surface area (Å²) in [4.78, 5) is 6.06. The summed E-state index contributed by atoms with van der Waals surface area (Å²) in [6, 6.07) is 8.21. The fourth-order valence-corrected chi connectivity index (χ4v) is 3.03. The summed E-state index contributed by atoms with van der Waals surface area (Å²) >= 11 is 5.86.